The van der Waals surface area contributed by atoms with Crippen LogP contribution in [0.3, 0.4) is 0 Å². The third-order valence-electron chi connectivity index (χ3n) is 0.947. The molecule has 9 heavy (non-hydrogen) atoms. The minimum atomic E-state index is 0.751. The van der Waals surface area contributed by atoms with Gasteiger partial charge in [-0.15, -0.1) is 0 Å². The predicted molar refractivity (Wildman–Crippen MR) is 42.6 cm³/mol. The molecule has 0 aromatic heterocycles. The molecule has 1 nitrogen and oxygen atoms in total. The maximum atomic E-state index is 5.46. The quantitative estimate of drug-likeness (QED) is 0.638. The van der Waals surface area contributed by atoms with Crippen molar-refractivity contribution < 1.29 is 0 Å². The van der Waals surface area contributed by atoms with Gasteiger partial charge in [-0.25, -0.2) is 0 Å². The van der Waals surface area contributed by atoms with Gasteiger partial charge in [-0.1, -0.05) is 6.07 Å². The minimum Gasteiger partial charge on any atom is -0.399 e. The van der Waals surface area contributed by atoms with E-state index in [1.807, 2.05) is 24.3 Å². The number of benzene rings is 1. The van der Waals surface area contributed by atoms with Crippen LogP contribution in [0.5, 0.6) is 0 Å². The van der Waals surface area contributed by atoms with E-state index < -0.39 is 0 Å². The number of nitrogen functional groups attached to an aromatic ring is 1. The number of anilines is 1. The van der Waals surface area contributed by atoms with Gasteiger partial charge in [0.1, 0.15) is 0 Å². The number of hydrogen-bond acceptors (Lipinski definition) is 2. The molecule has 0 aliphatic heterocycles. The molecule has 0 spiro atoms. The summed E-state index contributed by atoms with van der Waals surface area (Å²) < 4.78 is 0. The van der Waals surface area contributed by atoms with Crippen LogP contribution >= 0.6 is 21.7 Å². The van der Waals surface area contributed by atoms with Crippen molar-refractivity contribution in [3.63, 3.8) is 0 Å². The fourth-order valence-electron chi connectivity index (χ4n) is 0.563. The lowest BCUT2D eigenvalue weighted by Gasteiger charge is -1.93. The van der Waals surface area contributed by atoms with Gasteiger partial charge in [0.15, 0.2) is 0 Å². The van der Waals surface area contributed by atoms with Crippen molar-refractivity contribution in [3.05, 3.63) is 24.3 Å². The smallest absolute Gasteiger partial charge is 0.0325 e. The first-order valence-electron chi connectivity index (χ1n) is 2.47. The number of nitrogens with two attached hydrogens (primary N) is 1. The average Bonchev–Trinajstić information content (AvgIpc) is 1.88. The molecule has 0 fully saturated rings. The molecule has 0 bridgehead atoms. The fraction of sp³-hybridized carbons (Fsp3) is 0. The lowest BCUT2D eigenvalue weighted by molar-refractivity contribution is 1.48. The Morgan fingerprint density at radius 1 is 1.44 bits per heavy atom. The van der Waals surface area contributed by atoms with E-state index in [-0.39, 0.29) is 0 Å². The maximum absolute atomic E-state index is 5.46. The molecule has 0 saturated heterocycles. The van der Waals surface area contributed by atoms with E-state index in [9.17, 15) is 0 Å². The Bertz CT molecular complexity index is 202. The van der Waals surface area contributed by atoms with E-state index in [0.29, 0.717) is 0 Å². The van der Waals surface area contributed by atoms with Gasteiger partial charge in [0.25, 0.3) is 0 Å². The van der Waals surface area contributed by atoms with E-state index in [1.165, 1.54) is 11.0 Å². The first-order valence-corrected chi connectivity index (χ1v) is 4.11. The van der Waals surface area contributed by atoms with E-state index >= 15 is 0 Å². The van der Waals surface area contributed by atoms with Crippen LogP contribution in [0.4, 0.5) is 5.69 Å². The molecule has 3 heteroatoms. The molecule has 0 radical (unpaired) electrons. The second kappa shape index (κ2) is 2.99. The highest BCUT2D eigenvalue weighted by Crippen LogP contribution is 2.22. The lowest BCUT2D eigenvalue weighted by Crippen LogP contribution is -1.81. The van der Waals surface area contributed by atoms with Crippen LogP contribution in [-0.4, -0.2) is 0 Å². The second-order valence-corrected chi connectivity index (χ2v) is 2.74. The van der Waals surface area contributed by atoms with Crippen molar-refractivity contribution in [1.29, 1.82) is 0 Å². The van der Waals surface area contributed by atoms with Crippen LogP contribution in [0.1, 0.15) is 0 Å². The van der Waals surface area contributed by atoms with Crippen molar-refractivity contribution in [1.82, 2.24) is 0 Å². The standard InChI is InChI=1S/C6H6ClNS/c7-9-6-3-1-2-5(8)4-6/h1-4H,8H2. The van der Waals surface area contributed by atoms with Gasteiger partial charge in [0.2, 0.25) is 0 Å². The topological polar surface area (TPSA) is 26.0 Å². The molecule has 1 aromatic rings. The van der Waals surface area contributed by atoms with Gasteiger partial charge in [-0.2, -0.15) is 0 Å². The van der Waals surface area contributed by atoms with Gasteiger partial charge in [-0.3, -0.25) is 0 Å². The van der Waals surface area contributed by atoms with Crippen LogP contribution < -0.4 is 5.73 Å². The Kier molecular flexibility index (Phi) is 2.25. The molecule has 0 amide bonds. The average molecular weight is 160 g/mol. The molecule has 1 aromatic carbocycles. The molecule has 0 unspecified atom stereocenters. The number of hydrogen-bond donors (Lipinski definition) is 1. The molecule has 0 aliphatic rings. The predicted octanol–water partition coefficient (Wildman–Crippen LogP) is 2.51. The third kappa shape index (κ3) is 1.80. The zero-order valence-electron chi connectivity index (χ0n) is 4.67. The summed E-state index contributed by atoms with van der Waals surface area (Å²) in [6, 6.07) is 7.45. The highest BCUT2D eigenvalue weighted by molar-refractivity contribution is 8.21. The van der Waals surface area contributed by atoms with Gasteiger partial charge >= 0.3 is 0 Å². The Hall–Kier alpha value is -0.340. The first kappa shape index (κ1) is 6.78. The Labute approximate surface area is 62.7 Å². The zero-order chi connectivity index (χ0) is 6.69. The monoisotopic (exact) mass is 159 g/mol. The SMILES string of the molecule is Nc1cccc(SCl)c1. The summed E-state index contributed by atoms with van der Waals surface area (Å²) in [7, 11) is 6.64. The van der Waals surface area contributed by atoms with Crippen molar-refractivity contribution in [2.24, 2.45) is 0 Å². The van der Waals surface area contributed by atoms with Crippen LogP contribution in [0.2, 0.25) is 0 Å². The summed E-state index contributed by atoms with van der Waals surface area (Å²) in [5, 5.41) is 0. The first-order chi connectivity index (χ1) is 4.33. The maximum Gasteiger partial charge on any atom is 0.0325 e. The van der Waals surface area contributed by atoms with Gasteiger partial charge in [0, 0.05) is 10.6 Å². The molecular formula is C6H6ClNS. The van der Waals surface area contributed by atoms with E-state index in [1.54, 1.807) is 0 Å². The molecule has 0 aliphatic carbocycles. The molecular weight excluding hydrogens is 154 g/mol. The highest BCUT2D eigenvalue weighted by Gasteiger charge is 1.88. The lowest BCUT2D eigenvalue weighted by atomic mass is 10.3. The van der Waals surface area contributed by atoms with Crippen molar-refractivity contribution >= 4 is 27.3 Å². The van der Waals surface area contributed by atoms with Gasteiger partial charge in [0.05, 0.1) is 0 Å². The van der Waals surface area contributed by atoms with Crippen LogP contribution in [-0.2, 0) is 0 Å². The van der Waals surface area contributed by atoms with Crippen molar-refractivity contribution in [2.45, 2.75) is 4.90 Å². The normalized spacial score (nSPS) is 9.44. The molecule has 0 heterocycles. The Morgan fingerprint density at radius 2 is 2.22 bits per heavy atom. The summed E-state index contributed by atoms with van der Waals surface area (Å²) in [5.41, 5.74) is 6.21. The van der Waals surface area contributed by atoms with Gasteiger partial charge in [-0.05, 0) is 39.9 Å². The largest absolute Gasteiger partial charge is 0.399 e. The second-order valence-electron chi connectivity index (χ2n) is 1.65. The Morgan fingerprint density at radius 3 is 2.67 bits per heavy atom. The molecule has 0 atom stereocenters. The van der Waals surface area contributed by atoms with Crippen LogP contribution in [0, 0.1) is 0 Å². The summed E-state index contributed by atoms with van der Waals surface area (Å²) in [5.74, 6) is 0. The fourth-order valence-corrected chi connectivity index (χ4v) is 1.16. The third-order valence-corrected chi connectivity index (χ3v) is 1.91. The van der Waals surface area contributed by atoms with Crippen molar-refractivity contribution in [2.75, 3.05) is 5.73 Å². The molecule has 2 N–H and O–H groups in total. The Balaban J connectivity index is 2.94. The number of halogens is 1. The van der Waals surface area contributed by atoms with Crippen LogP contribution in [0.25, 0.3) is 0 Å². The van der Waals surface area contributed by atoms with E-state index in [0.717, 1.165) is 10.6 Å². The highest BCUT2D eigenvalue weighted by atomic mass is 35.7. The van der Waals surface area contributed by atoms with Crippen molar-refractivity contribution in [3.8, 4) is 0 Å². The number of rotatable bonds is 1. The van der Waals surface area contributed by atoms with Crippen LogP contribution in [0.15, 0.2) is 29.2 Å². The molecule has 48 valence electrons. The summed E-state index contributed by atoms with van der Waals surface area (Å²) in [4.78, 5) is 0.983. The minimum absolute atomic E-state index is 0.751. The molecule has 1 rings (SSSR count). The summed E-state index contributed by atoms with van der Waals surface area (Å²) >= 11 is 0. The van der Waals surface area contributed by atoms with E-state index in [4.69, 9.17) is 16.4 Å². The van der Waals surface area contributed by atoms with E-state index in [2.05, 4.69) is 0 Å². The summed E-state index contributed by atoms with van der Waals surface area (Å²) in [6.45, 7) is 0. The summed E-state index contributed by atoms with van der Waals surface area (Å²) in [6.07, 6.45) is 0. The molecule has 0 saturated carbocycles. The van der Waals surface area contributed by atoms with Gasteiger partial charge < -0.3 is 5.73 Å². The zero-order valence-corrected chi connectivity index (χ0v) is 6.25.